The van der Waals surface area contributed by atoms with Crippen LogP contribution in [0.4, 0.5) is 4.39 Å². The summed E-state index contributed by atoms with van der Waals surface area (Å²) in [6, 6.07) is 6.42. The van der Waals surface area contributed by atoms with Crippen LogP contribution in [0, 0.1) is 11.7 Å². The van der Waals surface area contributed by atoms with E-state index in [2.05, 4.69) is 0 Å². The molecule has 2 saturated heterocycles. The summed E-state index contributed by atoms with van der Waals surface area (Å²) in [7, 11) is -3.67. The monoisotopic (exact) mass is 383 g/mol. The normalized spacial score (nSPS) is 22.2. The van der Waals surface area contributed by atoms with Crippen LogP contribution >= 0.6 is 0 Å². The van der Waals surface area contributed by atoms with Gasteiger partial charge in [-0.2, -0.15) is 0 Å². The number of carbonyl (C=O) groups is 1. The maximum absolute atomic E-state index is 13.1. The van der Waals surface area contributed by atoms with Gasteiger partial charge < -0.3 is 4.74 Å². The number of sulfonamides is 1. The number of hydrogen-bond acceptors (Lipinski definition) is 4. The fraction of sp³-hybridized carbons (Fsp3) is 0.632. The topological polar surface area (TPSA) is 63.7 Å². The lowest BCUT2D eigenvalue weighted by atomic mass is 9.90. The third-order valence-electron chi connectivity index (χ3n) is 5.57. The van der Waals surface area contributed by atoms with E-state index < -0.39 is 15.3 Å². The molecule has 2 aliphatic rings. The predicted molar refractivity (Wildman–Crippen MR) is 96.9 cm³/mol. The van der Waals surface area contributed by atoms with Gasteiger partial charge >= 0.3 is 0 Å². The molecule has 5 nitrogen and oxygen atoms in total. The van der Waals surface area contributed by atoms with Gasteiger partial charge in [-0.3, -0.25) is 4.79 Å². The van der Waals surface area contributed by atoms with E-state index in [0.717, 1.165) is 5.56 Å². The second-order valence-electron chi connectivity index (χ2n) is 7.25. The van der Waals surface area contributed by atoms with E-state index in [0.29, 0.717) is 52.0 Å². The van der Waals surface area contributed by atoms with Gasteiger partial charge in [0.1, 0.15) is 16.9 Å². The summed E-state index contributed by atoms with van der Waals surface area (Å²) in [5.74, 6) is -0.492. The van der Waals surface area contributed by atoms with Gasteiger partial charge in [0.05, 0.1) is 0 Å². The van der Waals surface area contributed by atoms with Crippen molar-refractivity contribution in [1.82, 2.24) is 4.31 Å². The van der Waals surface area contributed by atoms with Gasteiger partial charge in [-0.1, -0.05) is 12.1 Å². The maximum Gasteiger partial charge on any atom is 0.224 e. The molecule has 0 amide bonds. The molecule has 2 heterocycles. The van der Waals surface area contributed by atoms with Gasteiger partial charge in [-0.05, 0) is 62.1 Å². The summed E-state index contributed by atoms with van der Waals surface area (Å²) in [4.78, 5) is 12.2. The molecule has 1 aromatic carbocycles. The van der Waals surface area contributed by atoms with Crippen molar-refractivity contribution in [3.63, 3.8) is 0 Å². The van der Waals surface area contributed by atoms with Crippen molar-refractivity contribution in [2.45, 2.75) is 43.8 Å². The lowest BCUT2D eigenvalue weighted by molar-refractivity contribution is -0.118. The van der Waals surface area contributed by atoms with Gasteiger partial charge in [0.2, 0.25) is 10.0 Å². The molecule has 0 aromatic heterocycles. The van der Waals surface area contributed by atoms with Crippen LogP contribution in [0.15, 0.2) is 24.3 Å². The average molecular weight is 383 g/mol. The number of halogens is 1. The Balaban J connectivity index is 1.69. The predicted octanol–water partition coefficient (Wildman–Crippen LogP) is 2.72. The molecular weight excluding hydrogens is 357 g/mol. The molecular formula is C19H26FNO4S. The minimum Gasteiger partial charge on any atom is -0.381 e. The SMILES string of the molecule is CC(=O)C(C1CCOCC1)S(=O)(=O)N1CCC(c2ccc(F)cc2)CC1. The highest BCUT2D eigenvalue weighted by atomic mass is 32.2. The highest BCUT2D eigenvalue weighted by Gasteiger charge is 2.42. The number of carbonyl (C=O) groups excluding carboxylic acids is 1. The summed E-state index contributed by atoms with van der Waals surface area (Å²) in [5, 5.41) is -0.964. The van der Waals surface area contributed by atoms with E-state index >= 15 is 0 Å². The Labute approximate surface area is 154 Å². The second-order valence-corrected chi connectivity index (χ2v) is 9.31. The zero-order valence-electron chi connectivity index (χ0n) is 15.1. The van der Waals surface area contributed by atoms with Crippen LogP contribution in [0.3, 0.4) is 0 Å². The van der Waals surface area contributed by atoms with Gasteiger partial charge in [0.15, 0.2) is 0 Å². The standard InChI is InChI=1S/C19H26FNO4S/c1-14(22)19(17-8-12-25-13-9-17)26(23,24)21-10-6-16(7-11-21)15-2-4-18(20)5-3-15/h2-5,16-17,19H,6-13H2,1H3. The zero-order valence-corrected chi connectivity index (χ0v) is 15.9. The molecule has 3 rings (SSSR count). The maximum atomic E-state index is 13.1. The second kappa shape index (κ2) is 8.15. The van der Waals surface area contributed by atoms with Crippen LogP contribution in [-0.2, 0) is 19.6 Å². The van der Waals surface area contributed by atoms with Gasteiger partial charge in [-0.15, -0.1) is 0 Å². The minimum atomic E-state index is -3.67. The Morgan fingerprint density at radius 3 is 2.23 bits per heavy atom. The van der Waals surface area contributed by atoms with Crippen LogP contribution < -0.4 is 0 Å². The Hall–Kier alpha value is -1.31. The van der Waals surface area contributed by atoms with E-state index in [1.165, 1.54) is 23.4 Å². The van der Waals surface area contributed by atoms with Crippen LogP contribution in [0.1, 0.15) is 44.1 Å². The molecule has 2 fully saturated rings. The van der Waals surface area contributed by atoms with Crippen molar-refractivity contribution in [3.8, 4) is 0 Å². The third-order valence-corrected chi connectivity index (χ3v) is 8.01. The van der Waals surface area contributed by atoms with Crippen molar-refractivity contribution in [3.05, 3.63) is 35.6 Å². The average Bonchev–Trinajstić information content (AvgIpc) is 2.63. The largest absolute Gasteiger partial charge is 0.381 e. The fourth-order valence-corrected chi connectivity index (χ4v) is 6.36. The first-order valence-electron chi connectivity index (χ1n) is 9.22. The Morgan fingerprint density at radius 2 is 1.69 bits per heavy atom. The highest BCUT2D eigenvalue weighted by molar-refractivity contribution is 7.90. The number of piperidine rings is 1. The van der Waals surface area contributed by atoms with Crippen molar-refractivity contribution >= 4 is 15.8 Å². The molecule has 0 bridgehead atoms. The van der Waals surface area contributed by atoms with E-state index in [-0.39, 0.29) is 23.4 Å². The summed E-state index contributed by atoms with van der Waals surface area (Å²) in [6.07, 6.45) is 2.58. The number of ether oxygens (including phenoxy) is 1. The van der Waals surface area contributed by atoms with Crippen molar-refractivity contribution < 1.29 is 22.3 Å². The van der Waals surface area contributed by atoms with Crippen molar-refractivity contribution in [1.29, 1.82) is 0 Å². The minimum absolute atomic E-state index is 0.166. The molecule has 144 valence electrons. The molecule has 0 radical (unpaired) electrons. The molecule has 0 N–H and O–H groups in total. The Kier molecular flexibility index (Phi) is 6.10. The van der Waals surface area contributed by atoms with Gasteiger partial charge in [0.25, 0.3) is 0 Å². The highest BCUT2D eigenvalue weighted by Crippen LogP contribution is 2.33. The lowest BCUT2D eigenvalue weighted by Crippen LogP contribution is -2.49. The Bertz CT molecular complexity index is 720. The lowest BCUT2D eigenvalue weighted by Gasteiger charge is -2.36. The van der Waals surface area contributed by atoms with Crippen LogP contribution in [0.25, 0.3) is 0 Å². The third kappa shape index (κ3) is 4.15. The van der Waals surface area contributed by atoms with E-state index in [4.69, 9.17) is 4.74 Å². The number of rotatable bonds is 5. The quantitative estimate of drug-likeness (QED) is 0.784. The Morgan fingerprint density at radius 1 is 1.12 bits per heavy atom. The van der Waals surface area contributed by atoms with E-state index in [1.807, 2.05) is 0 Å². The molecule has 1 atom stereocenters. The zero-order chi connectivity index (χ0) is 18.7. The van der Waals surface area contributed by atoms with Crippen LogP contribution in [-0.4, -0.2) is 50.1 Å². The van der Waals surface area contributed by atoms with Gasteiger partial charge in [-0.25, -0.2) is 17.1 Å². The van der Waals surface area contributed by atoms with E-state index in [1.54, 1.807) is 12.1 Å². The number of benzene rings is 1. The summed E-state index contributed by atoms with van der Waals surface area (Å²) < 4.78 is 46.1. The summed E-state index contributed by atoms with van der Waals surface area (Å²) in [6.45, 7) is 3.20. The fourth-order valence-electron chi connectivity index (χ4n) is 4.14. The molecule has 0 aliphatic carbocycles. The molecule has 0 saturated carbocycles. The molecule has 7 heteroatoms. The van der Waals surface area contributed by atoms with Crippen molar-refractivity contribution in [2.75, 3.05) is 26.3 Å². The van der Waals surface area contributed by atoms with Gasteiger partial charge in [0, 0.05) is 26.3 Å². The van der Waals surface area contributed by atoms with Crippen LogP contribution in [0.2, 0.25) is 0 Å². The molecule has 1 unspecified atom stereocenters. The summed E-state index contributed by atoms with van der Waals surface area (Å²) >= 11 is 0. The first-order chi connectivity index (χ1) is 12.4. The van der Waals surface area contributed by atoms with Crippen LogP contribution in [0.5, 0.6) is 0 Å². The molecule has 1 aromatic rings. The first-order valence-corrected chi connectivity index (χ1v) is 10.7. The smallest absolute Gasteiger partial charge is 0.224 e. The van der Waals surface area contributed by atoms with Crippen molar-refractivity contribution in [2.24, 2.45) is 5.92 Å². The number of nitrogens with zero attached hydrogens (tertiary/aromatic N) is 1. The molecule has 0 spiro atoms. The molecule has 26 heavy (non-hydrogen) atoms. The molecule has 2 aliphatic heterocycles. The first kappa shape index (κ1) is 19.5. The number of hydrogen-bond donors (Lipinski definition) is 0. The van der Waals surface area contributed by atoms with E-state index in [9.17, 15) is 17.6 Å². The number of Topliss-reactive ketones (excluding diaryl/α,β-unsaturated/α-hetero) is 1. The number of ketones is 1. The summed E-state index contributed by atoms with van der Waals surface area (Å²) in [5.41, 5.74) is 1.04.